The van der Waals surface area contributed by atoms with Crippen molar-refractivity contribution in [3.8, 4) is 11.5 Å². The maximum absolute atomic E-state index is 12.9. The molecule has 0 radical (unpaired) electrons. The Hall–Kier alpha value is -2.12. The van der Waals surface area contributed by atoms with Gasteiger partial charge in [-0.1, -0.05) is 23.2 Å². The molecule has 3 rings (SSSR count). The zero-order valence-electron chi connectivity index (χ0n) is 15.3. The lowest BCUT2D eigenvalue weighted by atomic mass is 10.2. The summed E-state index contributed by atoms with van der Waals surface area (Å²) in [6.07, 6.45) is 1.94. The summed E-state index contributed by atoms with van der Waals surface area (Å²) >= 11 is 13.4. The van der Waals surface area contributed by atoms with Crippen LogP contribution < -0.4 is 9.54 Å². The van der Waals surface area contributed by atoms with Gasteiger partial charge in [0.15, 0.2) is 4.80 Å². The molecule has 0 bridgehead atoms. The highest BCUT2D eigenvalue weighted by Gasteiger charge is 2.15. The Morgan fingerprint density at radius 1 is 1.14 bits per heavy atom. The van der Waals surface area contributed by atoms with Crippen LogP contribution in [0, 0.1) is 6.92 Å². The molecule has 0 aliphatic heterocycles. The molecule has 0 saturated heterocycles. The van der Waals surface area contributed by atoms with Crippen LogP contribution in [0.15, 0.2) is 53.7 Å². The number of amides is 1. The molecule has 0 fully saturated rings. The first-order valence-electron chi connectivity index (χ1n) is 8.44. The van der Waals surface area contributed by atoms with Gasteiger partial charge in [0, 0.05) is 34.8 Å². The Balaban J connectivity index is 1.95. The second-order valence-electron chi connectivity index (χ2n) is 5.92. The van der Waals surface area contributed by atoms with Crippen LogP contribution in [0.4, 0.5) is 0 Å². The first kappa shape index (κ1) is 20.6. The molecule has 0 atom stereocenters. The van der Waals surface area contributed by atoms with Crippen LogP contribution >= 0.6 is 34.5 Å². The molecule has 5 nitrogen and oxygen atoms in total. The monoisotopic (exact) mass is 436 g/mol. The fourth-order valence-corrected chi connectivity index (χ4v) is 3.63. The van der Waals surface area contributed by atoms with E-state index in [9.17, 15) is 4.79 Å². The van der Waals surface area contributed by atoms with Gasteiger partial charge in [-0.05, 0) is 49.4 Å². The highest BCUT2D eigenvalue weighted by Crippen LogP contribution is 2.29. The molecule has 1 amide bonds. The molecule has 0 unspecified atom stereocenters. The predicted octanol–water partition coefficient (Wildman–Crippen LogP) is 5.34. The molecule has 28 heavy (non-hydrogen) atoms. The van der Waals surface area contributed by atoms with Crippen LogP contribution in [-0.4, -0.2) is 24.2 Å². The minimum atomic E-state index is -0.431. The van der Waals surface area contributed by atoms with Gasteiger partial charge in [0.1, 0.15) is 11.5 Å². The van der Waals surface area contributed by atoms with Crippen molar-refractivity contribution in [2.24, 2.45) is 4.99 Å². The number of carbonyl (C=O) groups is 1. The maximum Gasteiger partial charge on any atom is 0.283 e. The summed E-state index contributed by atoms with van der Waals surface area (Å²) in [6, 6.07) is 11.7. The van der Waals surface area contributed by atoms with Gasteiger partial charge in [0.05, 0.1) is 12.2 Å². The van der Waals surface area contributed by atoms with Crippen LogP contribution in [-0.2, 0) is 11.3 Å². The van der Waals surface area contributed by atoms with Crippen molar-refractivity contribution in [2.75, 3.05) is 13.7 Å². The van der Waals surface area contributed by atoms with Crippen LogP contribution in [0.25, 0.3) is 0 Å². The van der Waals surface area contributed by atoms with Crippen molar-refractivity contribution >= 4 is 40.4 Å². The van der Waals surface area contributed by atoms with Crippen molar-refractivity contribution in [1.29, 1.82) is 0 Å². The summed E-state index contributed by atoms with van der Waals surface area (Å²) in [7, 11) is 1.63. The lowest BCUT2D eigenvalue weighted by molar-refractivity contribution is 0.0995. The number of nitrogens with zero attached hydrogens (tertiary/aromatic N) is 2. The number of carbonyl (C=O) groups excluding carboxylic acids is 1. The molecule has 1 aromatic heterocycles. The van der Waals surface area contributed by atoms with E-state index in [0.29, 0.717) is 39.5 Å². The minimum Gasteiger partial charge on any atom is -0.457 e. The maximum atomic E-state index is 12.9. The standard InChI is InChI=1S/C20H18Cl2N2O3S/c1-13-12-24(9-10-26-2)20(28-13)23-19(25)17-11-15(22)5-8-18(17)27-16-6-3-14(21)4-7-16/h3-8,11-12H,9-10H2,1-2H3/b23-20-. The molecule has 0 saturated carbocycles. The van der Waals surface area contributed by atoms with Crippen LogP contribution in [0.3, 0.4) is 0 Å². The lowest BCUT2D eigenvalue weighted by Crippen LogP contribution is -2.18. The van der Waals surface area contributed by atoms with Crippen LogP contribution in [0.1, 0.15) is 15.2 Å². The summed E-state index contributed by atoms with van der Waals surface area (Å²) in [6.45, 7) is 3.10. The van der Waals surface area contributed by atoms with Crippen LogP contribution in [0.5, 0.6) is 11.5 Å². The number of aryl methyl sites for hydroxylation is 1. The molecular formula is C20H18Cl2N2O3S. The minimum absolute atomic E-state index is 0.284. The lowest BCUT2D eigenvalue weighted by Gasteiger charge is -2.09. The first-order chi connectivity index (χ1) is 13.5. The van der Waals surface area contributed by atoms with Crippen LogP contribution in [0.2, 0.25) is 10.0 Å². The fourth-order valence-electron chi connectivity index (χ4n) is 2.48. The second kappa shape index (κ2) is 9.39. The third-order valence-electron chi connectivity index (χ3n) is 3.78. The van der Waals surface area contributed by atoms with Gasteiger partial charge in [0.25, 0.3) is 5.91 Å². The zero-order chi connectivity index (χ0) is 20.1. The molecule has 0 aliphatic rings. The topological polar surface area (TPSA) is 52.8 Å². The number of hydrogen-bond acceptors (Lipinski definition) is 4. The number of ether oxygens (including phenoxy) is 2. The van der Waals surface area contributed by atoms with Gasteiger partial charge in [0.2, 0.25) is 0 Å². The number of thiazole rings is 1. The average Bonchev–Trinajstić information content (AvgIpc) is 3.02. The molecule has 1 heterocycles. The number of hydrogen-bond donors (Lipinski definition) is 0. The van der Waals surface area contributed by atoms with Crippen molar-refractivity contribution in [2.45, 2.75) is 13.5 Å². The van der Waals surface area contributed by atoms with E-state index in [-0.39, 0.29) is 5.56 Å². The quantitative estimate of drug-likeness (QED) is 0.523. The number of aromatic nitrogens is 1. The van der Waals surface area contributed by atoms with E-state index in [1.165, 1.54) is 11.3 Å². The summed E-state index contributed by atoms with van der Waals surface area (Å²) in [5, 5.41) is 1.03. The molecule has 0 N–H and O–H groups in total. The fraction of sp³-hybridized carbons (Fsp3) is 0.200. The number of rotatable bonds is 6. The summed E-state index contributed by atoms with van der Waals surface area (Å²) in [4.78, 5) is 18.8. The third-order valence-corrected chi connectivity index (χ3v) is 5.21. The second-order valence-corrected chi connectivity index (χ2v) is 8.01. The summed E-state index contributed by atoms with van der Waals surface area (Å²) in [5.41, 5.74) is 0.284. The van der Waals surface area contributed by atoms with E-state index >= 15 is 0 Å². The smallest absolute Gasteiger partial charge is 0.283 e. The Morgan fingerprint density at radius 2 is 1.86 bits per heavy atom. The molecule has 8 heteroatoms. The van der Waals surface area contributed by atoms with Crippen molar-refractivity contribution in [3.05, 3.63) is 73.9 Å². The average molecular weight is 437 g/mol. The van der Waals surface area contributed by atoms with Gasteiger partial charge >= 0.3 is 0 Å². The largest absolute Gasteiger partial charge is 0.457 e. The molecule has 2 aromatic carbocycles. The Morgan fingerprint density at radius 3 is 2.57 bits per heavy atom. The van der Waals surface area contributed by atoms with Gasteiger partial charge in [-0.15, -0.1) is 11.3 Å². The van der Waals surface area contributed by atoms with Gasteiger partial charge in [-0.2, -0.15) is 4.99 Å². The van der Waals surface area contributed by atoms with E-state index in [1.54, 1.807) is 49.6 Å². The molecule has 0 spiro atoms. The van der Waals surface area contributed by atoms with Crippen molar-refractivity contribution in [1.82, 2.24) is 4.57 Å². The van der Waals surface area contributed by atoms with E-state index in [2.05, 4.69) is 4.99 Å². The Bertz CT molecular complexity index is 1040. The van der Waals surface area contributed by atoms with Crippen molar-refractivity contribution < 1.29 is 14.3 Å². The SMILES string of the molecule is COCCn1cc(C)s/c1=N\C(=O)c1cc(Cl)ccc1Oc1ccc(Cl)cc1. The third kappa shape index (κ3) is 5.23. The first-order valence-corrected chi connectivity index (χ1v) is 10.0. The van der Waals surface area contributed by atoms with E-state index in [1.807, 2.05) is 17.7 Å². The summed E-state index contributed by atoms with van der Waals surface area (Å²) in [5.74, 6) is 0.500. The molecular weight excluding hydrogens is 419 g/mol. The summed E-state index contributed by atoms with van der Waals surface area (Å²) < 4.78 is 12.9. The van der Waals surface area contributed by atoms with Gasteiger partial charge in [-0.25, -0.2) is 0 Å². The van der Waals surface area contributed by atoms with E-state index in [4.69, 9.17) is 32.7 Å². The highest BCUT2D eigenvalue weighted by atomic mass is 35.5. The normalized spacial score (nSPS) is 11.6. The number of methoxy groups -OCH3 is 1. The van der Waals surface area contributed by atoms with E-state index < -0.39 is 5.91 Å². The molecule has 146 valence electrons. The molecule has 3 aromatic rings. The van der Waals surface area contributed by atoms with Gasteiger partial charge in [-0.3, -0.25) is 4.79 Å². The Labute approximate surface area is 176 Å². The highest BCUT2D eigenvalue weighted by molar-refractivity contribution is 7.09. The number of benzene rings is 2. The molecule has 0 aliphatic carbocycles. The van der Waals surface area contributed by atoms with E-state index in [0.717, 1.165) is 4.88 Å². The zero-order valence-corrected chi connectivity index (χ0v) is 17.6. The van der Waals surface area contributed by atoms with Gasteiger partial charge < -0.3 is 14.0 Å². The van der Waals surface area contributed by atoms with Crippen molar-refractivity contribution in [3.63, 3.8) is 0 Å². The Kier molecular flexibility index (Phi) is 6.91. The predicted molar refractivity (Wildman–Crippen MR) is 112 cm³/mol. The number of halogens is 2.